The molecule has 5 atom stereocenters. The topological polar surface area (TPSA) is 77.8 Å². The number of unbranched alkanes of at least 4 members (excludes halogenated alkanes) is 3. The average molecular weight is 367 g/mol. The van der Waals surface area contributed by atoms with Crippen molar-refractivity contribution in [3.63, 3.8) is 0 Å². The second kappa shape index (κ2) is 11.6. The predicted molar refractivity (Wildman–Crippen MR) is 106 cm³/mol. The molecule has 1 saturated carbocycles. The lowest BCUT2D eigenvalue weighted by atomic mass is 9.85. The van der Waals surface area contributed by atoms with Crippen LogP contribution in [0.4, 0.5) is 0 Å². The molecule has 0 amide bonds. The average Bonchev–Trinajstić information content (AvgIpc) is 2.82. The zero-order valence-corrected chi connectivity index (χ0v) is 16.7. The van der Waals surface area contributed by atoms with Gasteiger partial charge >= 0.3 is 5.97 Å². The normalized spacial score (nSPS) is 28.8. The molecule has 4 nitrogen and oxygen atoms in total. The molecule has 150 valence electrons. The highest BCUT2D eigenvalue weighted by Crippen LogP contribution is 2.40. The van der Waals surface area contributed by atoms with Crippen LogP contribution in [-0.2, 0) is 4.79 Å². The molecule has 1 unspecified atom stereocenters. The van der Waals surface area contributed by atoms with Gasteiger partial charge in [0.15, 0.2) is 0 Å². The molecule has 0 heterocycles. The summed E-state index contributed by atoms with van der Waals surface area (Å²) in [5, 5.41) is 29.6. The van der Waals surface area contributed by atoms with E-state index in [4.69, 9.17) is 5.11 Å². The quantitative estimate of drug-likeness (QED) is 0.345. The Bertz CT molecular complexity index is 467. The summed E-state index contributed by atoms with van der Waals surface area (Å²) in [6.07, 6.45) is 15.1. The first-order chi connectivity index (χ1) is 12.3. The van der Waals surface area contributed by atoms with E-state index in [0.717, 1.165) is 44.9 Å². The van der Waals surface area contributed by atoms with Crippen LogP contribution in [0.5, 0.6) is 0 Å². The number of carboxylic acid groups (broad SMARTS) is 1. The molecule has 0 aromatic carbocycles. The van der Waals surface area contributed by atoms with Crippen LogP contribution in [0.2, 0.25) is 0 Å². The lowest BCUT2D eigenvalue weighted by molar-refractivity contribution is -0.137. The maximum Gasteiger partial charge on any atom is 0.303 e. The van der Waals surface area contributed by atoms with Gasteiger partial charge in [-0.3, -0.25) is 4.79 Å². The Labute approximate surface area is 159 Å². The zero-order chi connectivity index (χ0) is 19.6. The molecule has 0 bridgehead atoms. The number of hydrogen-bond donors (Lipinski definition) is 3. The number of carbonyl (C=O) groups is 1. The molecule has 1 aliphatic carbocycles. The summed E-state index contributed by atoms with van der Waals surface area (Å²) in [6, 6.07) is 0. The third-order valence-electron chi connectivity index (χ3n) is 5.56. The molecule has 26 heavy (non-hydrogen) atoms. The number of aliphatic hydroxyl groups is 2. The molecule has 4 heteroatoms. The molecule has 1 rings (SSSR count). The Kier molecular flexibility index (Phi) is 10.2. The van der Waals surface area contributed by atoms with E-state index >= 15 is 0 Å². The first kappa shape index (κ1) is 22.9. The van der Waals surface area contributed by atoms with Crippen molar-refractivity contribution in [3.8, 4) is 0 Å². The summed E-state index contributed by atoms with van der Waals surface area (Å²) in [5.74, 6) is 0.0856. The van der Waals surface area contributed by atoms with Crippen LogP contribution in [-0.4, -0.2) is 33.0 Å². The van der Waals surface area contributed by atoms with Gasteiger partial charge in [0, 0.05) is 6.42 Å². The van der Waals surface area contributed by atoms with E-state index in [-0.39, 0.29) is 24.4 Å². The summed E-state index contributed by atoms with van der Waals surface area (Å²) < 4.78 is 0. The van der Waals surface area contributed by atoms with Gasteiger partial charge in [-0.25, -0.2) is 0 Å². The van der Waals surface area contributed by atoms with Crippen molar-refractivity contribution in [2.45, 2.75) is 90.3 Å². The number of carboxylic acids is 1. The van der Waals surface area contributed by atoms with E-state index in [2.05, 4.69) is 26.0 Å². The van der Waals surface area contributed by atoms with Gasteiger partial charge < -0.3 is 15.3 Å². The second-order valence-electron chi connectivity index (χ2n) is 8.19. The van der Waals surface area contributed by atoms with Crippen LogP contribution in [0.3, 0.4) is 0 Å². The van der Waals surface area contributed by atoms with Crippen molar-refractivity contribution in [2.75, 3.05) is 0 Å². The summed E-state index contributed by atoms with van der Waals surface area (Å²) in [5.41, 5.74) is -0.778. The van der Waals surface area contributed by atoms with Crippen molar-refractivity contribution in [2.24, 2.45) is 17.8 Å². The molecule has 3 N–H and O–H groups in total. The molecule has 1 aliphatic rings. The van der Waals surface area contributed by atoms with Gasteiger partial charge in [-0.15, -0.1) is 0 Å². The first-order valence-electron chi connectivity index (χ1n) is 10.2. The van der Waals surface area contributed by atoms with Crippen LogP contribution >= 0.6 is 0 Å². The van der Waals surface area contributed by atoms with E-state index in [0.29, 0.717) is 12.3 Å². The summed E-state index contributed by atoms with van der Waals surface area (Å²) in [4.78, 5) is 10.5. The lowest BCUT2D eigenvalue weighted by Crippen LogP contribution is -2.23. The molecule has 0 aliphatic heterocycles. The van der Waals surface area contributed by atoms with Crippen LogP contribution in [0, 0.1) is 17.8 Å². The Balaban J connectivity index is 2.56. The highest BCUT2D eigenvalue weighted by Gasteiger charge is 2.38. The van der Waals surface area contributed by atoms with Gasteiger partial charge in [0.1, 0.15) is 0 Å². The number of aliphatic carboxylic acids is 1. The molecule has 0 spiro atoms. The third-order valence-corrected chi connectivity index (χ3v) is 5.56. The minimum atomic E-state index is -0.778. The second-order valence-corrected chi connectivity index (χ2v) is 8.19. The van der Waals surface area contributed by atoms with E-state index in [1.807, 2.05) is 19.1 Å². The van der Waals surface area contributed by atoms with Gasteiger partial charge in [0.25, 0.3) is 0 Å². The fourth-order valence-corrected chi connectivity index (χ4v) is 3.91. The van der Waals surface area contributed by atoms with Gasteiger partial charge in [-0.1, -0.05) is 57.4 Å². The van der Waals surface area contributed by atoms with Gasteiger partial charge in [0.2, 0.25) is 0 Å². The van der Waals surface area contributed by atoms with Gasteiger partial charge in [-0.2, -0.15) is 0 Å². The smallest absolute Gasteiger partial charge is 0.303 e. The number of aliphatic hydroxyl groups excluding tert-OH is 1. The highest BCUT2D eigenvalue weighted by molar-refractivity contribution is 5.66. The van der Waals surface area contributed by atoms with Crippen LogP contribution < -0.4 is 0 Å². The summed E-state index contributed by atoms with van der Waals surface area (Å²) >= 11 is 0. The first-order valence-corrected chi connectivity index (χ1v) is 10.2. The monoisotopic (exact) mass is 366 g/mol. The van der Waals surface area contributed by atoms with Crippen LogP contribution in [0.25, 0.3) is 0 Å². The fourth-order valence-electron chi connectivity index (χ4n) is 3.91. The van der Waals surface area contributed by atoms with Crippen molar-refractivity contribution in [1.82, 2.24) is 0 Å². The number of hydrogen-bond acceptors (Lipinski definition) is 3. The molecule has 0 aromatic heterocycles. The molecule has 0 radical (unpaired) electrons. The molecule has 0 aromatic rings. The minimum absolute atomic E-state index is 0.170. The van der Waals surface area contributed by atoms with Crippen molar-refractivity contribution < 1.29 is 20.1 Å². The van der Waals surface area contributed by atoms with Crippen molar-refractivity contribution in [1.29, 1.82) is 0 Å². The van der Waals surface area contributed by atoms with Crippen molar-refractivity contribution >= 4 is 5.97 Å². The molecule has 0 saturated heterocycles. The van der Waals surface area contributed by atoms with Crippen LogP contribution in [0.15, 0.2) is 24.3 Å². The maximum atomic E-state index is 10.5. The zero-order valence-electron chi connectivity index (χ0n) is 16.7. The Hall–Kier alpha value is -1.13. The standard InChI is InChI=1S/C22H38O4/c1-4-5-10-14-22(3,26)15-13-18-17(2)16-20(23)19(18)11-8-6-7-9-12-21(24)25/h6,8,13,15,17-20,23,26H,4-5,7,9-12,14,16H2,1-3H3,(H,24,25)/b8-6-,15-13+/t17-,18+,19-,20+,22?/m1/s1. The maximum absolute atomic E-state index is 10.5. The third kappa shape index (κ3) is 8.50. The number of allylic oxidation sites excluding steroid dienone is 3. The predicted octanol–water partition coefficient (Wildman–Crippen LogP) is 4.71. The molecular formula is C22H38O4. The highest BCUT2D eigenvalue weighted by atomic mass is 16.4. The van der Waals surface area contributed by atoms with E-state index in [9.17, 15) is 15.0 Å². The van der Waals surface area contributed by atoms with Crippen molar-refractivity contribution in [3.05, 3.63) is 24.3 Å². The van der Waals surface area contributed by atoms with Crippen LogP contribution in [0.1, 0.15) is 78.6 Å². The van der Waals surface area contributed by atoms with E-state index in [1.165, 1.54) is 0 Å². The van der Waals surface area contributed by atoms with Gasteiger partial charge in [0.05, 0.1) is 11.7 Å². The fraction of sp³-hybridized carbons (Fsp3) is 0.773. The number of rotatable bonds is 12. The van der Waals surface area contributed by atoms with Gasteiger partial charge in [-0.05, 0) is 56.8 Å². The lowest BCUT2D eigenvalue weighted by Gasteiger charge is -2.23. The Morgan fingerprint density at radius 3 is 2.62 bits per heavy atom. The molecule has 1 fully saturated rings. The summed E-state index contributed by atoms with van der Waals surface area (Å²) in [6.45, 7) is 6.19. The summed E-state index contributed by atoms with van der Waals surface area (Å²) in [7, 11) is 0. The van der Waals surface area contributed by atoms with E-state index in [1.54, 1.807) is 0 Å². The molecular weight excluding hydrogens is 328 g/mol. The Morgan fingerprint density at radius 1 is 1.23 bits per heavy atom. The van der Waals surface area contributed by atoms with E-state index < -0.39 is 11.6 Å². The minimum Gasteiger partial charge on any atom is -0.481 e. The largest absolute Gasteiger partial charge is 0.481 e. The Morgan fingerprint density at radius 2 is 1.96 bits per heavy atom. The SMILES string of the molecule is CCCCCC(C)(O)/C=C/[C@@H]1[C@@H](C/C=C\CCCC(=O)O)[C@@H](O)C[C@H]1C.